The maximum atomic E-state index is 12.3. The third-order valence-electron chi connectivity index (χ3n) is 3.85. The molecule has 1 aromatic heterocycles. The standard InChI is InChI=1S/C19H20N4O3/c1-23-16(13-7-5-4-6-8-13)12-18(22-23)21-19(24)20-15-10-9-14(25-2)11-17(15)26-3/h4-12H,1-3H3,(H2,20,21,22,24). The molecule has 0 aliphatic heterocycles. The summed E-state index contributed by atoms with van der Waals surface area (Å²) in [7, 11) is 4.93. The number of aryl methyl sites for hydroxylation is 1. The van der Waals surface area contributed by atoms with E-state index in [0.29, 0.717) is 23.0 Å². The van der Waals surface area contributed by atoms with Gasteiger partial charge in [0.15, 0.2) is 5.82 Å². The van der Waals surface area contributed by atoms with Gasteiger partial charge in [-0.05, 0) is 17.7 Å². The summed E-state index contributed by atoms with van der Waals surface area (Å²) in [5.41, 5.74) is 2.46. The van der Waals surface area contributed by atoms with Crippen molar-refractivity contribution in [3.63, 3.8) is 0 Å². The molecular formula is C19H20N4O3. The van der Waals surface area contributed by atoms with Crippen LogP contribution < -0.4 is 20.1 Å². The molecule has 2 N–H and O–H groups in total. The van der Waals surface area contributed by atoms with Crippen molar-refractivity contribution >= 4 is 17.5 Å². The highest BCUT2D eigenvalue weighted by Gasteiger charge is 2.12. The van der Waals surface area contributed by atoms with Crippen molar-refractivity contribution in [2.75, 3.05) is 24.9 Å². The Kier molecular flexibility index (Phi) is 5.07. The van der Waals surface area contributed by atoms with E-state index in [0.717, 1.165) is 11.3 Å². The van der Waals surface area contributed by atoms with Crippen molar-refractivity contribution in [1.82, 2.24) is 9.78 Å². The zero-order chi connectivity index (χ0) is 18.5. The number of aromatic nitrogens is 2. The van der Waals surface area contributed by atoms with Crippen LogP contribution in [0.4, 0.5) is 16.3 Å². The predicted molar refractivity (Wildman–Crippen MR) is 101 cm³/mol. The van der Waals surface area contributed by atoms with E-state index in [-0.39, 0.29) is 0 Å². The van der Waals surface area contributed by atoms with E-state index >= 15 is 0 Å². The average molecular weight is 352 g/mol. The fraction of sp³-hybridized carbons (Fsp3) is 0.158. The van der Waals surface area contributed by atoms with Gasteiger partial charge in [0.05, 0.1) is 25.6 Å². The Bertz CT molecular complexity index is 906. The van der Waals surface area contributed by atoms with Crippen molar-refractivity contribution in [1.29, 1.82) is 0 Å². The molecule has 2 amide bonds. The van der Waals surface area contributed by atoms with Crippen molar-refractivity contribution < 1.29 is 14.3 Å². The van der Waals surface area contributed by atoms with Gasteiger partial charge in [0.1, 0.15) is 11.5 Å². The largest absolute Gasteiger partial charge is 0.497 e. The summed E-state index contributed by atoms with van der Waals surface area (Å²) in [5, 5.41) is 9.81. The van der Waals surface area contributed by atoms with Gasteiger partial charge in [-0.3, -0.25) is 10.00 Å². The van der Waals surface area contributed by atoms with Crippen LogP contribution >= 0.6 is 0 Å². The second-order valence-electron chi connectivity index (χ2n) is 5.55. The summed E-state index contributed by atoms with van der Waals surface area (Å²) in [6.07, 6.45) is 0. The van der Waals surface area contributed by atoms with Gasteiger partial charge >= 0.3 is 6.03 Å². The Morgan fingerprint density at radius 1 is 1.00 bits per heavy atom. The fourth-order valence-corrected chi connectivity index (χ4v) is 2.58. The number of benzene rings is 2. The van der Waals surface area contributed by atoms with Gasteiger partial charge in [0.2, 0.25) is 0 Å². The van der Waals surface area contributed by atoms with Gasteiger partial charge < -0.3 is 14.8 Å². The van der Waals surface area contributed by atoms with Crippen LogP contribution in [0.1, 0.15) is 0 Å². The molecule has 7 nitrogen and oxygen atoms in total. The third-order valence-corrected chi connectivity index (χ3v) is 3.85. The number of carbonyl (C=O) groups is 1. The van der Waals surface area contributed by atoms with Gasteiger partial charge in [0, 0.05) is 19.2 Å². The Labute approximate surface area is 151 Å². The van der Waals surface area contributed by atoms with Crippen LogP contribution in [0.3, 0.4) is 0 Å². The Morgan fingerprint density at radius 3 is 2.46 bits per heavy atom. The van der Waals surface area contributed by atoms with E-state index < -0.39 is 6.03 Å². The molecule has 0 unspecified atom stereocenters. The summed E-state index contributed by atoms with van der Waals surface area (Å²) < 4.78 is 12.1. The molecule has 0 saturated carbocycles. The van der Waals surface area contributed by atoms with Crippen LogP contribution in [0.5, 0.6) is 11.5 Å². The van der Waals surface area contributed by atoms with Crippen molar-refractivity contribution in [3.05, 3.63) is 54.6 Å². The molecular weight excluding hydrogens is 332 g/mol. The number of methoxy groups -OCH3 is 2. The van der Waals surface area contributed by atoms with Gasteiger partial charge in [-0.15, -0.1) is 0 Å². The van der Waals surface area contributed by atoms with Crippen LogP contribution in [0.2, 0.25) is 0 Å². The number of carbonyl (C=O) groups excluding carboxylic acids is 1. The number of hydrogen-bond acceptors (Lipinski definition) is 4. The zero-order valence-electron chi connectivity index (χ0n) is 14.8. The highest BCUT2D eigenvalue weighted by molar-refractivity contribution is 6.00. The van der Waals surface area contributed by atoms with Crippen LogP contribution in [0.15, 0.2) is 54.6 Å². The number of ether oxygens (including phenoxy) is 2. The second-order valence-corrected chi connectivity index (χ2v) is 5.55. The van der Waals surface area contributed by atoms with E-state index in [1.807, 2.05) is 43.4 Å². The maximum absolute atomic E-state index is 12.3. The summed E-state index contributed by atoms with van der Waals surface area (Å²) in [6, 6.07) is 16.4. The number of urea groups is 1. The van der Waals surface area contributed by atoms with Gasteiger partial charge in [-0.25, -0.2) is 4.79 Å². The molecule has 1 heterocycles. The minimum atomic E-state index is -0.411. The molecule has 3 aromatic rings. The van der Waals surface area contributed by atoms with Gasteiger partial charge in [-0.2, -0.15) is 5.10 Å². The minimum absolute atomic E-state index is 0.411. The number of hydrogen-bond donors (Lipinski definition) is 2. The lowest BCUT2D eigenvalue weighted by molar-refractivity contribution is 0.262. The van der Waals surface area contributed by atoms with E-state index in [2.05, 4.69) is 15.7 Å². The first-order valence-electron chi connectivity index (χ1n) is 8.00. The maximum Gasteiger partial charge on any atom is 0.325 e. The van der Waals surface area contributed by atoms with Crippen LogP contribution in [0, 0.1) is 0 Å². The molecule has 7 heteroatoms. The Hall–Kier alpha value is -3.48. The lowest BCUT2D eigenvalue weighted by Crippen LogP contribution is -2.20. The van der Waals surface area contributed by atoms with Gasteiger partial charge in [-0.1, -0.05) is 30.3 Å². The second kappa shape index (κ2) is 7.60. The lowest BCUT2D eigenvalue weighted by atomic mass is 10.1. The molecule has 26 heavy (non-hydrogen) atoms. The van der Waals surface area contributed by atoms with Crippen LogP contribution in [-0.4, -0.2) is 30.0 Å². The molecule has 3 rings (SSSR count). The van der Waals surface area contributed by atoms with Crippen molar-refractivity contribution in [2.45, 2.75) is 0 Å². The molecule has 0 saturated heterocycles. The number of amides is 2. The first kappa shape index (κ1) is 17.3. The van der Waals surface area contributed by atoms with Crippen LogP contribution in [-0.2, 0) is 7.05 Å². The molecule has 0 radical (unpaired) electrons. The average Bonchev–Trinajstić information content (AvgIpc) is 3.02. The first-order valence-corrected chi connectivity index (χ1v) is 8.00. The van der Waals surface area contributed by atoms with E-state index in [4.69, 9.17) is 9.47 Å². The third kappa shape index (κ3) is 3.77. The number of nitrogens with zero attached hydrogens (tertiary/aromatic N) is 2. The zero-order valence-corrected chi connectivity index (χ0v) is 14.8. The topological polar surface area (TPSA) is 77.4 Å². The van der Waals surface area contributed by atoms with Crippen LogP contribution in [0.25, 0.3) is 11.3 Å². The predicted octanol–water partition coefficient (Wildman–Crippen LogP) is 3.75. The molecule has 0 bridgehead atoms. The van der Waals surface area contributed by atoms with E-state index in [1.165, 1.54) is 7.11 Å². The minimum Gasteiger partial charge on any atom is -0.497 e. The summed E-state index contributed by atoms with van der Waals surface area (Å²) >= 11 is 0. The smallest absolute Gasteiger partial charge is 0.325 e. The molecule has 0 atom stereocenters. The molecule has 0 aliphatic carbocycles. The number of anilines is 2. The SMILES string of the molecule is COc1ccc(NC(=O)Nc2cc(-c3ccccc3)n(C)n2)c(OC)c1. The van der Waals surface area contributed by atoms with E-state index in [9.17, 15) is 4.79 Å². The number of rotatable bonds is 5. The molecule has 0 spiro atoms. The van der Waals surface area contributed by atoms with Gasteiger partial charge in [0.25, 0.3) is 0 Å². The van der Waals surface area contributed by atoms with Crippen molar-refractivity contribution in [2.24, 2.45) is 7.05 Å². The first-order chi connectivity index (χ1) is 12.6. The quantitative estimate of drug-likeness (QED) is 0.733. The Morgan fingerprint density at radius 2 is 1.77 bits per heavy atom. The summed E-state index contributed by atoms with van der Waals surface area (Å²) in [6.45, 7) is 0. The normalized spacial score (nSPS) is 10.3. The molecule has 2 aromatic carbocycles. The fourth-order valence-electron chi connectivity index (χ4n) is 2.58. The molecule has 0 fully saturated rings. The number of nitrogens with one attached hydrogen (secondary N) is 2. The summed E-state index contributed by atoms with van der Waals surface area (Å²) in [4.78, 5) is 12.3. The molecule has 134 valence electrons. The lowest BCUT2D eigenvalue weighted by Gasteiger charge is -2.11. The summed E-state index contributed by atoms with van der Waals surface area (Å²) in [5.74, 6) is 1.60. The van der Waals surface area contributed by atoms with E-state index in [1.54, 1.807) is 30.0 Å². The Balaban J connectivity index is 1.73. The highest BCUT2D eigenvalue weighted by Crippen LogP contribution is 2.29. The molecule has 0 aliphatic rings. The van der Waals surface area contributed by atoms with Crippen molar-refractivity contribution in [3.8, 4) is 22.8 Å². The monoisotopic (exact) mass is 352 g/mol. The highest BCUT2D eigenvalue weighted by atomic mass is 16.5.